The Hall–Kier alpha value is -0.0900. The first-order chi connectivity index (χ1) is 5.53. The van der Waals surface area contributed by atoms with Gasteiger partial charge in [0.2, 0.25) is 0 Å². The van der Waals surface area contributed by atoms with Crippen LogP contribution in [0.2, 0.25) is 0 Å². The topological polar surface area (TPSA) is 37.4 Å². The first-order valence-electron chi connectivity index (χ1n) is 4.44. The summed E-state index contributed by atoms with van der Waals surface area (Å²) < 4.78 is 21.7. The van der Waals surface area contributed by atoms with E-state index in [-0.39, 0.29) is 0 Å². The van der Waals surface area contributed by atoms with Crippen LogP contribution in [0.3, 0.4) is 0 Å². The Bertz CT molecular complexity index is 231. The van der Waals surface area contributed by atoms with E-state index < -0.39 is 9.84 Å². The molecule has 1 saturated carbocycles. The molecule has 0 aromatic carbocycles. The van der Waals surface area contributed by atoms with Gasteiger partial charge in [0.25, 0.3) is 0 Å². The van der Waals surface area contributed by atoms with Crippen molar-refractivity contribution in [2.75, 3.05) is 25.1 Å². The van der Waals surface area contributed by atoms with E-state index in [0.717, 1.165) is 6.54 Å². The molecule has 0 atom stereocenters. The Morgan fingerprint density at radius 3 is 2.33 bits per heavy atom. The molecular formula is C8H17NO2S. The predicted molar refractivity (Wildman–Crippen MR) is 50.0 cm³/mol. The summed E-state index contributed by atoms with van der Waals surface area (Å²) in [5.41, 5.74) is 0. The van der Waals surface area contributed by atoms with Crippen LogP contribution in [0.4, 0.5) is 0 Å². The van der Waals surface area contributed by atoms with Gasteiger partial charge in [-0.1, -0.05) is 6.92 Å². The normalized spacial score (nSPS) is 18.6. The van der Waals surface area contributed by atoms with Gasteiger partial charge in [0.05, 0.1) is 5.75 Å². The molecule has 0 aliphatic heterocycles. The third-order valence-corrected chi connectivity index (χ3v) is 3.14. The molecule has 0 heterocycles. The van der Waals surface area contributed by atoms with Crippen molar-refractivity contribution in [2.24, 2.45) is 0 Å². The number of nitrogens with zero attached hydrogens (tertiary/aromatic N) is 1. The highest BCUT2D eigenvalue weighted by Crippen LogP contribution is 2.26. The maximum absolute atomic E-state index is 10.9. The Balaban J connectivity index is 2.28. The van der Waals surface area contributed by atoms with Gasteiger partial charge in [0.1, 0.15) is 9.84 Å². The minimum atomic E-state index is -2.78. The zero-order valence-corrected chi connectivity index (χ0v) is 8.60. The summed E-state index contributed by atoms with van der Waals surface area (Å²) in [6.45, 7) is 3.76. The average molecular weight is 191 g/mol. The van der Waals surface area contributed by atoms with Crippen LogP contribution in [0.5, 0.6) is 0 Å². The number of hydrogen-bond donors (Lipinski definition) is 0. The number of rotatable bonds is 5. The van der Waals surface area contributed by atoms with Crippen LogP contribution in [0.25, 0.3) is 0 Å². The van der Waals surface area contributed by atoms with Gasteiger partial charge in [-0.05, 0) is 19.4 Å². The molecule has 0 aromatic rings. The molecule has 0 N–H and O–H groups in total. The van der Waals surface area contributed by atoms with Crippen LogP contribution >= 0.6 is 0 Å². The lowest BCUT2D eigenvalue weighted by atomic mass is 10.5. The zero-order chi connectivity index (χ0) is 9.19. The lowest BCUT2D eigenvalue weighted by Gasteiger charge is -2.18. The third-order valence-electron chi connectivity index (χ3n) is 2.22. The van der Waals surface area contributed by atoms with Crippen LogP contribution < -0.4 is 0 Å². The van der Waals surface area contributed by atoms with Gasteiger partial charge in [0, 0.05) is 18.8 Å². The molecule has 0 amide bonds. The summed E-state index contributed by atoms with van der Waals surface area (Å²) in [7, 11) is -2.78. The molecule has 1 aliphatic carbocycles. The van der Waals surface area contributed by atoms with E-state index >= 15 is 0 Å². The van der Waals surface area contributed by atoms with E-state index in [1.807, 2.05) is 0 Å². The van der Waals surface area contributed by atoms with Crippen molar-refractivity contribution < 1.29 is 8.42 Å². The van der Waals surface area contributed by atoms with Crippen molar-refractivity contribution in [2.45, 2.75) is 25.8 Å². The fourth-order valence-corrected chi connectivity index (χ4v) is 1.89. The molecule has 0 saturated heterocycles. The van der Waals surface area contributed by atoms with E-state index in [1.54, 1.807) is 0 Å². The van der Waals surface area contributed by atoms with Crippen LogP contribution in [-0.4, -0.2) is 44.5 Å². The monoisotopic (exact) mass is 191 g/mol. The fraction of sp³-hybridized carbons (Fsp3) is 1.00. The molecule has 3 nitrogen and oxygen atoms in total. The largest absolute Gasteiger partial charge is 0.300 e. The number of sulfone groups is 1. The van der Waals surface area contributed by atoms with Crippen LogP contribution in [-0.2, 0) is 9.84 Å². The van der Waals surface area contributed by atoms with Gasteiger partial charge >= 0.3 is 0 Å². The molecular weight excluding hydrogens is 174 g/mol. The zero-order valence-electron chi connectivity index (χ0n) is 7.78. The number of hydrogen-bond acceptors (Lipinski definition) is 3. The molecule has 72 valence electrons. The van der Waals surface area contributed by atoms with E-state index in [9.17, 15) is 8.42 Å². The summed E-state index contributed by atoms with van der Waals surface area (Å²) in [4.78, 5) is 2.25. The van der Waals surface area contributed by atoms with Crippen LogP contribution in [0.15, 0.2) is 0 Å². The highest BCUT2D eigenvalue weighted by molar-refractivity contribution is 7.90. The lowest BCUT2D eigenvalue weighted by Crippen LogP contribution is -2.30. The standard InChI is InChI=1S/C8H17NO2S/c1-3-9(8-4-5-8)6-7-12(2,10)11/h8H,3-7H2,1-2H3. The summed E-state index contributed by atoms with van der Waals surface area (Å²) in [6, 6.07) is 0.678. The SMILES string of the molecule is CCN(CCS(C)(=O)=O)C1CC1. The predicted octanol–water partition coefficient (Wildman–Crippen LogP) is 0.515. The Morgan fingerprint density at radius 1 is 1.42 bits per heavy atom. The first kappa shape index (κ1) is 9.99. The van der Waals surface area contributed by atoms with E-state index in [1.165, 1.54) is 19.1 Å². The van der Waals surface area contributed by atoms with E-state index in [0.29, 0.717) is 18.3 Å². The van der Waals surface area contributed by atoms with Gasteiger partial charge in [0.15, 0.2) is 0 Å². The third kappa shape index (κ3) is 3.54. The van der Waals surface area contributed by atoms with Crippen molar-refractivity contribution in [1.82, 2.24) is 4.90 Å². The highest BCUT2D eigenvalue weighted by atomic mass is 32.2. The summed E-state index contributed by atoms with van der Waals surface area (Å²) in [6.07, 6.45) is 3.79. The maximum Gasteiger partial charge on any atom is 0.148 e. The fourth-order valence-electron chi connectivity index (χ4n) is 1.32. The second-order valence-electron chi connectivity index (χ2n) is 3.49. The highest BCUT2D eigenvalue weighted by Gasteiger charge is 2.27. The quantitative estimate of drug-likeness (QED) is 0.635. The van der Waals surface area contributed by atoms with Gasteiger partial charge in [-0.25, -0.2) is 8.42 Å². The van der Waals surface area contributed by atoms with Crippen molar-refractivity contribution in [1.29, 1.82) is 0 Å². The van der Waals surface area contributed by atoms with Gasteiger partial charge in [-0.2, -0.15) is 0 Å². The van der Waals surface area contributed by atoms with Crippen molar-refractivity contribution in [3.8, 4) is 0 Å². The molecule has 1 rings (SSSR count). The van der Waals surface area contributed by atoms with Gasteiger partial charge < -0.3 is 0 Å². The molecule has 12 heavy (non-hydrogen) atoms. The molecule has 0 unspecified atom stereocenters. The van der Waals surface area contributed by atoms with E-state index in [4.69, 9.17) is 0 Å². The first-order valence-corrected chi connectivity index (χ1v) is 6.51. The summed E-state index contributed by atoms with van der Waals surface area (Å²) in [5.74, 6) is 0.303. The summed E-state index contributed by atoms with van der Waals surface area (Å²) >= 11 is 0. The Morgan fingerprint density at radius 2 is 2.00 bits per heavy atom. The molecule has 0 spiro atoms. The smallest absolute Gasteiger partial charge is 0.148 e. The van der Waals surface area contributed by atoms with E-state index in [2.05, 4.69) is 11.8 Å². The average Bonchev–Trinajstić information content (AvgIpc) is 2.70. The van der Waals surface area contributed by atoms with Crippen LogP contribution in [0.1, 0.15) is 19.8 Å². The van der Waals surface area contributed by atoms with Crippen molar-refractivity contribution in [3.05, 3.63) is 0 Å². The lowest BCUT2D eigenvalue weighted by molar-refractivity contribution is 0.294. The molecule has 4 heteroatoms. The minimum absolute atomic E-state index is 0.303. The Kier molecular flexibility index (Phi) is 3.12. The maximum atomic E-state index is 10.9. The van der Waals surface area contributed by atoms with Crippen molar-refractivity contribution in [3.63, 3.8) is 0 Å². The summed E-state index contributed by atoms with van der Waals surface area (Å²) in [5, 5.41) is 0. The molecule has 1 aliphatic rings. The Labute approximate surface area is 74.7 Å². The second-order valence-corrected chi connectivity index (χ2v) is 5.75. The molecule has 1 fully saturated rings. The van der Waals surface area contributed by atoms with Gasteiger partial charge in [-0.3, -0.25) is 4.90 Å². The van der Waals surface area contributed by atoms with Gasteiger partial charge in [-0.15, -0.1) is 0 Å². The van der Waals surface area contributed by atoms with Crippen molar-refractivity contribution >= 4 is 9.84 Å². The second kappa shape index (κ2) is 3.75. The minimum Gasteiger partial charge on any atom is -0.300 e. The molecule has 0 aromatic heterocycles. The van der Waals surface area contributed by atoms with Crippen LogP contribution in [0, 0.1) is 0 Å². The molecule has 0 radical (unpaired) electrons. The molecule has 0 bridgehead atoms.